The van der Waals surface area contributed by atoms with E-state index in [2.05, 4.69) is 39.4 Å². The lowest BCUT2D eigenvalue weighted by molar-refractivity contribution is 0.0532. The van der Waals surface area contributed by atoms with Gasteiger partial charge in [0.15, 0.2) is 5.96 Å². The van der Waals surface area contributed by atoms with E-state index in [0.717, 1.165) is 63.1 Å². The van der Waals surface area contributed by atoms with Gasteiger partial charge in [-0.05, 0) is 57.1 Å². The SMILES string of the molecule is CN=C(NCc1ccnc(OCC2CC2)c1)NC1CCN(CCOC(C)C)CC1.I. The zero-order valence-electron chi connectivity index (χ0n) is 18.6. The molecule has 0 unspecified atom stereocenters. The van der Waals surface area contributed by atoms with E-state index in [9.17, 15) is 0 Å². The summed E-state index contributed by atoms with van der Waals surface area (Å²) >= 11 is 0. The van der Waals surface area contributed by atoms with E-state index in [4.69, 9.17) is 9.47 Å². The second-order valence-corrected chi connectivity index (χ2v) is 8.36. The number of pyridine rings is 1. The minimum Gasteiger partial charge on any atom is -0.477 e. The van der Waals surface area contributed by atoms with E-state index in [-0.39, 0.29) is 24.0 Å². The van der Waals surface area contributed by atoms with Gasteiger partial charge in [-0.3, -0.25) is 4.99 Å². The summed E-state index contributed by atoms with van der Waals surface area (Å²) in [6.45, 7) is 9.70. The van der Waals surface area contributed by atoms with Gasteiger partial charge >= 0.3 is 0 Å². The van der Waals surface area contributed by atoms with Crippen molar-refractivity contribution in [3.8, 4) is 5.88 Å². The van der Waals surface area contributed by atoms with E-state index in [0.29, 0.717) is 24.6 Å². The summed E-state index contributed by atoms with van der Waals surface area (Å²) in [7, 11) is 1.82. The molecule has 1 aromatic rings. The van der Waals surface area contributed by atoms with Crippen LogP contribution in [-0.4, -0.2) is 67.9 Å². The molecule has 2 heterocycles. The monoisotopic (exact) mass is 531 g/mol. The standard InChI is InChI=1S/C22H37N5O2.HI/c1-17(2)28-13-12-27-10-7-20(8-11-27)26-22(23-3)25-15-19-6-9-24-21(14-19)29-16-18-4-5-18;/h6,9,14,17-18,20H,4-5,7-8,10-13,15-16H2,1-3H3,(H2,23,25,26);1H. The van der Waals surface area contributed by atoms with Crippen LogP contribution in [0.1, 0.15) is 45.1 Å². The molecule has 8 heteroatoms. The van der Waals surface area contributed by atoms with Gasteiger partial charge in [0, 0.05) is 51.5 Å². The van der Waals surface area contributed by atoms with Gasteiger partial charge in [0.05, 0.1) is 19.3 Å². The Labute approximate surface area is 198 Å². The van der Waals surface area contributed by atoms with Crippen molar-refractivity contribution in [1.29, 1.82) is 0 Å². The first-order chi connectivity index (χ1) is 14.1. The van der Waals surface area contributed by atoms with Crippen LogP contribution >= 0.6 is 24.0 Å². The van der Waals surface area contributed by atoms with Crippen LogP contribution in [0.3, 0.4) is 0 Å². The van der Waals surface area contributed by atoms with Crippen molar-refractivity contribution in [3.63, 3.8) is 0 Å². The molecule has 0 radical (unpaired) electrons. The summed E-state index contributed by atoms with van der Waals surface area (Å²) in [5.74, 6) is 2.30. The molecular formula is C22H38IN5O2. The molecule has 1 aromatic heterocycles. The van der Waals surface area contributed by atoms with E-state index >= 15 is 0 Å². The Bertz CT molecular complexity index is 646. The van der Waals surface area contributed by atoms with Crippen molar-refractivity contribution in [2.45, 2.75) is 58.2 Å². The molecule has 0 spiro atoms. The van der Waals surface area contributed by atoms with Crippen molar-refractivity contribution in [2.24, 2.45) is 10.9 Å². The van der Waals surface area contributed by atoms with Gasteiger partial charge in [-0.25, -0.2) is 4.98 Å². The highest BCUT2D eigenvalue weighted by molar-refractivity contribution is 14.0. The summed E-state index contributed by atoms with van der Waals surface area (Å²) < 4.78 is 11.4. The summed E-state index contributed by atoms with van der Waals surface area (Å²) in [4.78, 5) is 11.2. The quantitative estimate of drug-likeness (QED) is 0.275. The number of aromatic nitrogens is 1. The number of likely N-dealkylation sites (tertiary alicyclic amines) is 1. The number of nitrogens with one attached hydrogen (secondary N) is 2. The molecule has 2 N–H and O–H groups in total. The smallest absolute Gasteiger partial charge is 0.213 e. The second kappa shape index (κ2) is 13.3. The molecule has 1 aliphatic carbocycles. The Morgan fingerprint density at radius 3 is 2.70 bits per heavy atom. The summed E-state index contributed by atoms with van der Waals surface area (Å²) in [5.41, 5.74) is 1.15. The van der Waals surface area contributed by atoms with Crippen LogP contribution in [0.5, 0.6) is 5.88 Å². The molecule has 30 heavy (non-hydrogen) atoms. The van der Waals surface area contributed by atoms with E-state index in [1.807, 2.05) is 25.4 Å². The zero-order valence-corrected chi connectivity index (χ0v) is 20.9. The highest BCUT2D eigenvalue weighted by Gasteiger charge is 2.22. The van der Waals surface area contributed by atoms with Crippen molar-refractivity contribution in [3.05, 3.63) is 23.9 Å². The van der Waals surface area contributed by atoms with E-state index < -0.39 is 0 Å². The second-order valence-electron chi connectivity index (χ2n) is 8.36. The van der Waals surface area contributed by atoms with Gasteiger partial charge in [-0.2, -0.15) is 0 Å². The van der Waals surface area contributed by atoms with Crippen LogP contribution in [0.2, 0.25) is 0 Å². The van der Waals surface area contributed by atoms with Gasteiger partial charge in [-0.1, -0.05) is 0 Å². The van der Waals surface area contributed by atoms with Crippen molar-refractivity contribution >= 4 is 29.9 Å². The molecule has 0 atom stereocenters. The van der Waals surface area contributed by atoms with E-state index in [1.54, 1.807) is 0 Å². The van der Waals surface area contributed by atoms with Gasteiger partial charge in [0.1, 0.15) is 0 Å². The molecule has 0 bridgehead atoms. The molecule has 3 rings (SSSR count). The third-order valence-corrected chi connectivity index (χ3v) is 5.43. The number of hydrogen-bond acceptors (Lipinski definition) is 5. The molecule has 7 nitrogen and oxygen atoms in total. The first kappa shape index (κ1) is 25.1. The average molecular weight is 531 g/mol. The number of halogens is 1. The normalized spacial score (nSPS) is 18.2. The Balaban J connectivity index is 0.00000320. The lowest BCUT2D eigenvalue weighted by atomic mass is 10.1. The van der Waals surface area contributed by atoms with Crippen molar-refractivity contribution < 1.29 is 9.47 Å². The Morgan fingerprint density at radius 1 is 1.27 bits per heavy atom. The number of guanidine groups is 1. The fraction of sp³-hybridized carbons (Fsp3) is 0.727. The van der Waals surface area contributed by atoms with Crippen LogP contribution in [0.15, 0.2) is 23.3 Å². The van der Waals surface area contributed by atoms with Crippen LogP contribution in [-0.2, 0) is 11.3 Å². The number of nitrogens with zero attached hydrogens (tertiary/aromatic N) is 3. The molecule has 0 amide bonds. The van der Waals surface area contributed by atoms with Gasteiger partial charge in [0.25, 0.3) is 0 Å². The van der Waals surface area contributed by atoms with Crippen LogP contribution in [0, 0.1) is 5.92 Å². The van der Waals surface area contributed by atoms with Crippen molar-refractivity contribution in [1.82, 2.24) is 20.5 Å². The van der Waals surface area contributed by atoms with Gasteiger partial charge < -0.3 is 25.0 Å². The molecule has 2 aliphatic rings. The maximum atomic E-state index is 5.78. The maximum Gasteiger partial charge on any atom is 0.213 e. The molecule has 1 saturated heterocycles. The number of rotatable bonds is 10. The summed E-state index contributed by atoms with van der Waals surface area (Å²) in [6.07, 6.45) is 6.94. The molecule has 0 aromatic carbocycles. The van der Waals surface area contributed by atoms with Crippen LogP contribution < -0.4 is 15.4 Å². The third-order valence-electron chi connectivity index (χ3n) is 5.43. The average Bonchev–Trinajstić information content (AvgIpc) is 3.55. The Morgan fingerprint density at radius 2 is 2.03 bits per heavy atom. The lowest BCUT2D eigenvalue weighted by Crippen LogP contribution is -2.49. The highest BCUT2D eigenvalue weighted by Crippen LogP contribution is 2.29. The van der Waals surface area contributed by atoms with Crippen LogP contribution in [0.25, 0.3) is 0 Å². The Hall–Kier alpha value is -1.13. The van der Waals surface area contributed by atoms with Gasteiger partial charge in [0.2, 0.25) is 5.88 Å². The lowest BCUT2D eigenvalue weighted by Gasteiger charge is -2.33. The first-order valence-electron chi connectivity index (χ1n) is 11.0. The third kappa shape index (κ3) is 9.34. The summed E-state index contributed by atoms with van der Waals surface area (Å²) in [5, 5.41) is 6.99. The minimum absolute atomic E-state index is 0. The van der Waals surface area contributed by atoms with Crippen LogP contribution in [0.4, 0.5) is 0 Å². The first-order valence-corrected chi connectivity index (χ1v) is 11.0. The van der Waals surface area contributed by atoms with E-state index in [1.165, 1.54) is 12.8 Å². The number of hydrogen-bond donors (Lipinski definition) is 2. The topological polar surface area (TPSA) is 71.0 Å². The molecule has 2 fully saturated rings. The maximum absolute atomic E-state index is 5.78. The Kier molecular flexibility index (Phi) is 11.2. The summed E-state index contributed by atoms with van der Waals surface area (Å²) in [6, 6.07) is 4.49. The fourth-order valence-corrected chi connectivity index (χ4v) is 3.42. The molecule has 170 valence electrons. The van der Waals surface area contributed by atoms with Crippen molar-refractivity contribution in [2.75, 3.05) is 39.9 Å². The number of piperidine rings is 1. The predicted octanol–water partition coefficient (Wildman–Crippen LogP) is 3.04. The predicted molar refractivity (Wildman–Crippen MR) is 132 cm³/mol. The number of aliphatic imine (C=N–C) groups is 1. The minimum atomic E-state index is 0. The molecule has 1 aliphatic heterocycles. The molecular weight excluding hydrogens is 493 g/mol. The zero-order chi connectivity index (χ0) is 20.5. The largest absolute Gasteiger partial charge is 0.477 e. The number of ether oxygens (including phenoxy) is 2. The highest BCUT2D eigenvalue weighted by atomic mass is 127. The van der Waals surface area contributed by atoms with Gasteiger partial charge in [-0.15, -0.1) is 24.0 Å². The fourth-order valence-electron chi connectivity index (χ4n) is 3.42. The molecule has 1 saturated carbocycles.